The smallest absolute Gasteiger partial charge is 0.475 e. The minimum absolute atomic E-state index is 0. The summed E-state index contributed by atoms with van der Waals surface area (Å²) in [6.07, 6.45) is -5.08. The average molecular weight is 202 g/mol. The maximum absolute atomic E-state index is 10.6. The maximum atomic E-state index is 10.6. The van der Waals surface area contributed by atoms with Crippen molar-refractivity contribution in [2.24, 2.45) is 0 Å². The van der Waals surface area contributed by atoms with Crippen LogP contribution in [-0.4, -0.2) is 17.3 Å². The summed E-state index contributed by atoms with van der Waals surface area (Å²) in [6, 6.07) is 0. The van der Waals surface area contributed by atoms with E-state index < -0.39 is 12.1 Å². The van der Waals surface area contributed by atoms with Crippen LogP contribution in [0.5, 0.6) is 0 Å². The number of carboxylic acid groups (broad SMARTS) is 1. The van der Waals surface area contributed by atoms with E-state index in [0.717, 1.165) is 0 Å². The number of carbonyl (C=O) groups is 1. The van der Waals surface area contributed by atoms with Crippen LogP contribution in [-0.2, 0) is 4.79 Å². The Hall–Kier alpha value is 0.570. The molecular formula is C2HF3N3Na2O2+. The van der Waals surface area contributed by atoms with E-state index in [-0.39, 0.29) is 59.1 Å². The predicted octanol–water partition coefficient (Wildman–Crippen LogP) is -4.49. The first-order valence-corrected chi connectivity index (χ1v) is 1.64. The Bertz CT molecular complexity index is 154. The van der Waals surface area contributed by atoms with Gasteiger partial charge in [-0.2, -0.15) is 13.2 Å². The normalized spacial score (nSPS) is 7.25. The van der Waals surface area contributed by atoms with Crippen LogP contribution in [0, 0.1) is 0 Å². The van der Waals surface area contributed by atoms with Crippen molar-refractivity contribution in [1.82, 2.24) is 0 Å². The first-order chi connectivity index (χ1) is 4.36. The third-order valence-corrected chi connectivity index (χ3v) is 0.243. The third-order valence-electron chi connectivity index (χ3n) is 0.243. The van der Waals surface area contributed by atoms with Crippen molar-refractivity contribution in [3.63, 3.8) is 0 Å². The van der Waals surface area contributed by atoms with Gasteiger partial charge in [-0.15, -0.1) is 0 Å². The van der Waals surface area contributed by atoms with Gasteiger partial charge in [0.1, 0.15) is 0 Å². The van der Waals surface area contributed by atoms with Gasteiger partial charge in [0.25, 0.3) is 0 Å². The molecule has 0 aliphatic heterocycles. The first-order valence-electron chi connectivity index (χ1n) is 1.64. The summed E-state index contributed by atoms with van der Waals surface area (Å²) in [4.78, 5) is 10.4. The number of hydrogen-bond donors (Lipinski definition) is 1. The van der Waals surface area contributed by atoms with E-state index >= 15 is 0 Å². The van der Waals surface area contributed by atoms with Gasteiger partial charge in [0.2, 0.25) is 0 Å². The van der Waals surface area contributed by atoms with Gasteiger partial charge in [-0.3, -0.25) is 4.91 Å². The second-order valence-electron chi connectivity index (χ2n) is 0.892. The van der Waals surface area contributed by atoms with Gasteiger partial charge in [0.05, 0.1) is 0 Å². The molecule has 0 bridgehead atoms. The standard InChI is InChI=1S/C2HF3O2.N3.2Na/c3-2(4,5)1(6)7;1-3-2;;/h(H,6,7);;;/q;-1;2*+1. The molecular weight excluding hydrogens is 201 g/mol. The molecule has 0 amide bonds. The number of nitrogens with zero attached hydrogens (tertiary/aromatic N) is 3. The first kappa shape index (κ1) is 22.9. The fourth-order valence-corrected chi connectivity index (χ4v) is 0. The Morgan fingerprint density at radius 1 is 1.25 bits per heavy atom. The van der Waals surface area contributed by atoms with Crippen molar-refractivity contribution in [2.45, 2.75) is 6.18 Å². The minimum atomic E-state index is -5.08. The summed E-state index contributed by atoms with van der Waals surface area (Å²) in [5, 5.41) is 7.12. The Morgan fingerprint density at radius 3 is 1.33 bits per heavy atom. The van der Waals surface area contributed by atoms with Gasteiger partial charge in [-0.05, 0) is 0 Å². The molecule has 0 aromatic heterocycles. The van der Waals surface area contributed by atoms with E-state index in [1.165, 1.54) is 4.91 Å². The largest absolute Gasteiger partial charge is 1.00 e. The van der Waals surface area contributed by atoms with Crippen molar-refractivity contribution in [3.05, 3.63) is 16.0 Å². The predicted molar refractivity (Wildman–Crippen MR) is 23.8 cm³/mol. The number of carboxylic acids is 1. The molecule has 0 fully saturated rings. The van der Waals surface area contributed by atoms with Crippen LogP contribution < -0.4 is 59.1 Å². The van der Waals surface area contributed by atoms with Gasteiger partial charge >= 0.3 is 71.3 Å². The molecule has 0 unspecified atom stereocenters. The molecule has 58 valence electrons. The Balaban J connectivity index is -0.0000000569. The van der Waals surface area contributed by atoms with Gasteiger partial charge in [0.15, 0.2) is 0 Å². The second-order valence-corrected chi connectivity index (χ2v) is 0.892. The molecule has 5 nitrogen and oxygen atoms in total. The van der Waals surface area contributed by atoms with Crippen molar-refractivity contribution >= 4 is 5.97 Å². The summed E-state index contributed by atoms with van der Waals surface area (Å²) in [5.41, 5.74) is 13.5. The molecule has 0 atom stereocenters. The molecule has 1 N–H and O–H groups in total. The van der Waals surface area contributed by atoms with Crippen molar-refractivity contribution in [2.75, 3.05) is 0 Å². The van der Waals surface area contributed by atoms with E-state index in [9.17, 15) is 13.2 Å². The zero-order valence-electron chi connectivity index (χ0n) is 6.33. The number of alkyl halides is 3. The summed E-state index contributed by atoms with van der Waals surface area (Å²) >= 11 is 0. The zero-order valence-corrected chi connectivity index (χ0v) is 10.3. The number of halogens is 3. The molecule has 0 saturated carbocycles. The SMILES string of the molecule is O=C(O)C(F)(F)F.[N-]=[N+]=[N-].[Na+].[Na+]. The summed E-state index contributed by atoms with van der Waals surface area (Å²) < 4.78 is 31.7. The summed E-state index contributed by atoms with van der Waals surface area (Å²) in [6.45, 7) is 0. The second kappa shape index (κ2) is 11.6. The van der Waals surface area contributed by atoms with E-state index in [2.05, 4.69) is 0 Å². The van der Waals surface area contributed by atoms with Gasteiger partial charge in [-0.25, -0.2) is 4.79 Å². The number of aliphatic carboxylic acids is 1. The molecule has 0 aromatic rings. The van der Waals surface area contributed by atoms with Gasteiger partial charge in [-0.1, -0.05) is 0 Å². The van der Waals surface area contributed by atoms with Crippen LogP contribution in [0.3, 0.4) is 0 Å². The topological polar surface area (TPSA) is 96.0 Å². The van der Waals surface area contributed by atoms with Crippen molar-refractivity contribution in [1.29, 1.82) is 0 Å². The molecule has 12 heavy (non-hydrogen) atoms. The summed E-state index contributed by atoms with van der Waals surface area (Å²) in [7, 11) is 0. The minimum Gasteiger partial charge on any atom is -0.475 e. The molecule has 0 radical (unpaired) electrons. The van der Waals surface area contributed by atoms with Gasteiger partial charge < -0.3 is 16.2 Å². The molecule has 0 heterocycles. The number of rotatable bonds is 0. The molecule has 0 aromatic carbocycles. The fourth-order valence-electron chi connectivity index (χ4n) is 0. The van der Waals surface area contributed by atoms with Crippen LogP contribution in [0.2, 0.25) is 0 Å². The van der Waals surface area contributed by atoms with E-state index in [0.29, 0.717) is 0 Å². The third kappa shape index (κ3) is 22.4. The van der Waals surface area contributed by atoms with Crippen molar-refractivity contribution < 1.29 is 82.2 Å². The fraction of sp³-hybridized carbons (Fsp3) is 0.500. The Kier molecular flexibility index (Phi) is 22.1. The quantitative estimate of drug-likeness (QED) is 0.185. The molecule has 0 saturated heterocycles. The van der Waals surface area contributed by atoms with Crippen LogP contribution >= 0.6 is 0 Å². The molecule has 0 aliphatic rings. The molecule has 0 spiro atoms. The van der Waals surface area contributed by atoms with Gasteiger partial charge in [0, 0.05) is 0 Å². The molecule has 10 heteroatoms. The van der Waals surface area contributed by atoms with Crippen LogP contribution in [0.25, 0.3) is 16.0 Å². The average Bonchev–Trinajstić information content (AvgIpc) is 1.64. The van der Waals surface area contributed by atoms with E-state index in [1.54, 1.807) is 0 Å². The van der Waals surface area contributed by atoms with Crippen molar-refractivity contribution in [3.8, 4) is 0 Å². The van der Waals surface area contributed by atoms with E-state index in [4.69, 9.17) is 21.0 Å². The summed E-state index contributed by atoms with van der Waals surface area (Å²) in [5.74, 6) is -2.76. The van der Waals surface area contributed by atoms with E-state index in [1.807, 2.05) is 0 Å². The maximum Gasteiger partial charge on any atom is 1.00 e. The van der Waals surface area contributed by atoms with Crippen LogP contribution in [0.1, 0.15) is 0 Å². The Labute approximate surface area is 109 Å². The number of hydrogen-bond acceptors (Lipinski definition) is 1. The molecule has 0 aliphatic carbocycles. The Morgan fingerprint density at radius 2 is 1.33 bits per heavy atom. The molecule has 0 rings (SSSR count). The monoisotopic (exact) mass is 202 g/mol. The van der Waals surface area contributed by atoms with Crippen LogP contribution in [0.15, 0.2) is 0 Å². The zero-order chi connectivity index (χ0) is 8.78. The van der Waals surface area contributed by atoms with Crippen LogP contribution in [0.4, 0.5) is 13.2 Å².